The third kappa shape index (κ3) is 8.15. The van der Waals surface area contributed by atoms with E-state index in [1.54, 1.807) is 6.07 Å². The summed E-state index contributed by atoms with van der Waals surface area (Å²) in [5, 5.41) is 8.77. The second kappa shape index (κ2) is 10.5. The van der Waals surface area contributed by atoms with Gasteiger partial charge in [-0.1, -0.05) is 0 Å². The van der Waals surface area contributed by atoms with Gasteiger partial charge in [0.1, 0.15) is 0 Å². The monoisotopic (exact) mass is 418 g/mol. The number of benzene rings is 1. The summed E-state index contributed by atoms with van der Waals surface area (Å²) in [6.45, 7) is 3.86. The fourth-order valence-electron chi connectivity index (χ4n) is 2.96. The van der Waals surface area contributed by atoms with Crippen LogP contribution in [0.2, 0.25) is 0 Å². The molecule has 0 bridgehead atoms. The number of sulfonamides is 1. The van der Waals surface area contributed by atoms with Crippen LogP contribution in [-0.2, 0) is 14.8 Å². The Morgan fingerprint density at radius 1 is 1.30 bits per heavy atom. The number of anilines is 2. The minimum absolute atomic E-state index is 0. The number of hydrogen-bond donors (Lipinski definition) is 4. The maximum atomic E-state index is 12.6. The molecule has 1 aromatic rings. The second-order valence-corrected chi connectivity index (χ2v) is 8.32. The van der Waals surface area contributed by atoms with Gasteiger partial charge in [0.15, 0.2) is 0 Å². The van der Waals surface area contributed by atoms with Gasteiger partial charge >= 0.3 is 0 Å². The lowest BCUT2D eigenvalue weighted by atomic mass is 9.96. The smallest absolute Gasteiger partial charge is 0.253 e. The topological polar surface area (TPSA) is 116 Å². The molecule has 0 aromatic heterocycles. The number of piperidine rings is 1. The second-order valence-electron chi connectivity index (χ2n) is 6.57. The van der Waals surface area contributed by atoms with Gasteiger partial charge in [0.25, 0.3) is 5.91 Å². The van der Waals surface area contributed by atoms with Crippen LogP contribution in [0.25, 0.3) is 0 Å². The summed E-state index contributed by atoms with van der Waals surface area (Å²) in [5.41, 5.74) is 0.778. The molecule has 1 saturated heterocycles. The highest BCUT2D eigenvalue weighted by molar-refractivity contribution is 7.92. The molecular formula is C17H27ClN4O4S. The number of nitrogens with one attached hydrogen (secondary N) is 4. The van der Waals surface area contributed by atoms with Crippen molar-refractivity contribution in [2.75, 3.05) is 35.9 Å². The zero-order valence-corrected chi connectivity index (χ0v) is 17.1. The van der Waals surface area contributed by atoms with Crippen LogP contribution in [0.4, 0.5) is 11.4 Å². The van der Waals surface area contributed by atoms with Gasteiger partial charge in [0.05, 0.1) is 17.5 Å². The van der Waals surface area contributed by atoms with Gasteiger partial charge in [-0.25, -0.2) is 8.42 Å². The third-order valence-electron chi connectivity index (χ3n) is 4.12. The van der Waals surface area contributed by atoms with E-state index in [1.165, 1.54) is 19.1 Å². The van der Waals surface area contributed by atoms with Crippen molar-refractivity contribution < 1.29 is 18.0 Å². The van der Waals surface area contributed by atoms with Gasteiger partial charge in [0.2, 0.25) is 15.9 Å². The minimum Gasteiger partial charge on any atom is -0.352 e. The Balaban J connectivity index is 0.00000364. The van der Waals surface area contributed by atoms with Crippen LogP contribution < -0.4 is 20.7 Å². The molecule has 0 radical (unpaired) electrons. The van der Waals surface area contributed by atoms with E-state index in [0.717, 1.165) is 38.6 Å². The highest BCUT2D eigenvalue weighted by Crippen LogP contribution is 2.22. The number of halogens is 1. The van der Waals surface area contributed by atoms with Crippen LogP contribution in [0.3, 0.4) is 0 Å². The molecule has 0 spiro atoms. The molecule has 1 heterocycles. The maximum absolute atomic E-state index is 12.6. The van der Waals surface area contributed by atoms with Crippen molar-refractivity contribution in [3.8, 4) is 0 Å². The average molecular weight is 419 g/mol. The standard InChI is InChI=1S/C17H26N4O4S.ClH/c1-12(22)20-14-5-6-16(21-26(2,24)25)15(10-14)17(23)19-9-7-13-4-3-8-18-11-13;/h5-6,10,13,18,21H,3-4,7-9,11H2,1-2H3,(H,19,23)(H,20,22);1H. The first kappa shape index (κ1) is 23.2. The van der Waals surface area contributed by atoms with Crippen LogP contribution in [-0.4, -0.2) is 46.1 Å². The highest BCUT2D eigenvalue weighted by Gasteiger charge is 2.17. The third-order valence-corrected chi connectivity index (χ3v) is 4.71. The molecule has 1 unspecified atom stereocenters. The Bertz CT molecular complexity index is 764. The fraction of sp³-hybridized carbons (Fsp3) is 0.529. The van der Waals surface area contributed by atoms with E-state index in [4.69, 9.17) is 0 Å². The zero-order chi connectivity index (χ0) is 19.2. The van der Waals surface area contributed by atoms with E-state index in [0.29, 0.717) is 18.2 Å². The van der Waals surface area contributed by atoms with Crippen molar-refractivity contribution in [3.63, 3.8) is 0 Å². The largest absolute Gasteiger partial charge is 0.352 e. The van der Waals surface area contributed by atoms with Gasteiger partial charge in [-0.15, -0.1) is 12.4 Å². The molecule has 152 valence electrons. The first-order chi connectivity index (χ1) is 12.2. The normalized spacial score (nSPS) is 16.7. The molecule has 0 saturated carbocycles. The van der Waals surface area contributed by atoms with Gasteiger partial charge in [-0.2, -0.15) is 0 Å². The number of hydrogen-bond acceptors (Lipinski definition) is 5. The van der Waals surface area contributed by atoms with E-state index in [2.05, 4.69) is 20.7 Å². The molecule has 2 amide bonds. The van der Waals surface area contributed by atoms with Crippen LogP contribution in [0.1, 0.15) is 36.5 Å². The number of carbonyl (C=O) groups excluding carboxylic acids is 2. The predicted molar refractivity (Wildman–Crippen MR) is 109 cm³/mol. The fourth-order valence-corrected chi connectivity index (χ4v) is 3.53. The van der Waals surface area contributed by atoms with E-state index in [1.807, 2.05) is 0 Å². The summed E-state index contributed by atoms with van der Waals surface area (Å²) in [6.07, 6.45) is 4.16. The predicted octanol–water partition coefficient (Wildman–Crippen LogP) is 1.56. The van der Waals surface area contributed by atoms with E-state index < -0.39 is 10.0 Å². The van der Waals surface area contributed by atoms with E-state index in [-0.39, 0.29) is 35.5 Å². The summed E-state index contributed by atoms with van der Waals surface area (Å²) in [5.74, 6) is -0.125. The summed E-state index contributed by atoms with van der Waals surface area (Å²) in [4.78, 5) is 23.8. The summed E-state index contributed by atoms with van der Waals surface area (Å²) in [6, 6.07) is 4.47. The maximum Gasteiger partial charge on any atom is 0.253 e. The molecule has 0 aliphatic carbocycles. The van der Waals surface area contributed by atoms with Crippen molar-refractivity contribution in [2.45, 2.75) is 26.2 Å². The van der Waals surface area contributed by atoms with E-state index >= 15 is 0 Å². The Labute approximate surface area is 166 Å². The van der Waals surface area contributed by atoms with Crippen molar-refractivity contribution in [3.05, 3.63) is 23.8 Å². The molecule has 1 atom stereocenters. The quantitative estimate of drug-likeness (QED) is 0.536. The highest BCUT2D eigenvalue weighted by atomic mass is 35.5. The zero-order valence-electron chi connectivity index (χ0n) is 15.5. The summed E-state index contributed by atoms with van der Waals surface area (Å²) < 4.78 is 25.4. The molecule has 1 aliphatic heterocycles. The van der Waals surface area contributed by atoms with E-state index in [9.17, 15) is 18.0 Å². The van der Waals surface area contributed by atoms with Gasteiger partial charge in [0, 0.05) is 19.2 Å². The van der Waals surface area contributed by atoms with Crippen molar-refractivity contribution >= 4 is 45.6 Å². The molecular weight excluding hydrogens is 392 g/mol. The van der Waals surface area contributed by atoms with Gasteiger partial charge < -0.3 is 16.0 Å². The molecule has 1 aromatic carbocycles. The van der Waals surface area contributed by atoms with Crippen LogP contribution in [0, 0.1) is 5.92 Å². The molecule has 2 rings (SSSR count). The number of rotatable bonds is 7. The lowest BCUT2D eigenvalue weighted by Gasteiger charge is -2.22. The Morgan fingerprint density at radius 3 is 2.63 bits per heavy atom. The number of amides is 2. The Hall–Kier alpha value is -1.84. The van der Waals surface area contributed by atoms with Crippen LogP contribution in [0.15, 0.2) is 18.2 Å². The lowest BCUT2D eigenvalue weighted by molar-refractivity contribution is -0.114. The minimum atomic E-state index is -3.53. The number of carbonyl (C=O) groups is 2. The SMILES string of the molecule is CC(=O)Nc1ccc(NS(C)(=O)=O)c(C(=O)NCCC2CCCNC2)c1.Cl. The first-order valence-electron chi connectivity index (χ1n) is 8.63. The van der Waals surface area contributed by atoms with Crippen LogP contribution >= 0.6 is 12.4 Å². The van der Waals surface area contributed by atoms with Crippen LogP contribution in [0.5, 0.6) is 0 Å². The molecule has 1 aliphatic rings. The molecule has 8 nitrogen and oxygen atoms in total. The summed E-state index contributed by atoms with van der Waals surface area (Å²) in [7, 11) is -3.53. The molecule has 1 fully saturated rings. The van der Waals surface area contributed by atoms with Crippen molar-refractivity contribution in [1.29, 1.82) is 0 Å². The van der Waals surface area contributed by atoms with Crippen molar-refractivity contribution in [1.82, 2.24) is 10.6 Å². The van der Waals surface area contributed by atoms with Crippen molar-refractivity contribution in [2.24, 2.45) is 5.92 Å². The first-order valence-corrected chi connectivity index (χ1v) is 10.5. The molecule has 4 N–H and O–H groups in total. The molecule has 10 heteroatoms. The van der Waals surface area contributed by atoms with Gasteiger partial charge in [-0.3, -0.25) is 14.3 Å². The lowest BCUT2D eigenvalue weighted by Crippen LogP contribution is -2.33. The average Bonchev–Trinajstić information content (AvgIpc) is 2.55. The Kier molecular flexibility index (Phi) is 9.01. The van der Waals surface area contributed by atoms with Gasteiger partial charge in [-0.05, 0) is 56.5 Å². The Morgan fingerprint density at radius 2 is 2.04 bits per heavy atom. The summed E-state index contributed by atoms with van der Waals surface area (Å²) >= 11 is 0. The molecule has 27 heavy (non-hydrogen) atoms.